The van der Waals surface area contributed by atoms with Crippen LogP contribution in [-0.4, -0.2) is 13.1 Å². The van der Waals surface area contributed by atoms with Gasteiger partial charge in [0.25, 0.3) is 0 Å². The largest absolute Gasteiger partial charge is 0.371 e. The van der Waals surface area contributed by atoms with Gasteiger partial charge in [0.2, 0.25) is 0 Å². The quantitative estimate of drug-likeness (QED) is 0.858. The van der Waals surface area contributed by atoms with Crippen molar-refractivity contribution in [3.63, 3.8) is 0 Å². The predicted molar refractivity (Wildman–Crippen MR) is 70.0 cm³/mol. The molecule has 0 saturated carbocycles. The van der Waals surface area contributed by atoms with Gasteiger partial charge < -0.3 is 10.6 Å². The lowest BCUT2D eigenvalue weighted by Gasteiger charge is -2.33. The number of rotatable bonds is 2. The van der Waals surface area contributed by atoms with Crippen LogP contribution in [0.1, 0.15) is 25.3 Å². The highest BCUT2D eigenvalue weighted by Crippen LogP contribution is 2.28. The molecule has 88 valence electrons. The molecule has 1 saturated heterocycles. The molecule has 0 radical (unpaired) electrons. The number of halogens is 1. The Morgan fingerprint density at radius 2 is 2.06 bits per heavy atom. The van der Waals surface area contributed by atoms with Crippen LogP contribution < -0.4 is 10.6 Å². The van der Waals surface area contributed by atoms with E-state index in [4.69, 9.17) is 17.3 Å². The third kappa shape index (κ3) is 2.50. The molecule has 1 aromatic rings. The van der Waals surface area contributed by atoms with E-state index in [-0.39, 0.29) is 0 Å². The van der Waals surface area contributed by atoms with E-state index < -0.39 is 0 Å². The monoisotopic (exact) mass is 238 g/mol. The molecule has 0 aromatic heterocycles. The zero-order valence-corrected chi connectivity index (χ0v) is 10.5. The maximum atomic E-state index is 6.05. The van der Waals surface area contributed by atoms with Crippen molar-refractivity contribution in [2.45, 2.75) is 26.3 Å². The molecule has 3 heteroatoms. The molecule has 2 rings (SSSR count). The third-order valence-corrected chi connectivity index (χ3v) is 3.63. The first kappa shape index (κ1) is 11.7. The molecule has 1 heterocycles. The van der Waals surface area contributed by atoms with E-state index in [9.17, 15) is 0 Å². The van der Waals surface area contributed by atoms with Crippen molar-refractivity contribution in [3.05, 3.63) is 28.8 Å². The Morgan fingerprint density at radius 1 is 1.38 bits per heavy atom. The van der Waals surface area contributed by atoms with Crippen LogP contribution in [-0.2, 0) is 6.54 Å². The Kier molecular flexibility index (Phi) is 3.72. The molecule has 2 N–H and O–H groups in total. The summed E-state index contributed by atoms with van der Waals surface area (Å²) in [5.41, 5.74) is 8.18. The zero-order valence-electron chi connectivity index (χ0n) is 9.75. The minimum absolute atomic E-state index is 0.582. The second-order valence-electron chi connectivity index (χ2n) is 4.65. The Hall–Kier alpha value is -0.730. The first-order valence-corrected chi connectivity index (χ1v) is 6.32. The van der Waals surface area contributed by atoms with Crippen LogP contribution in [0.3, 0.4) is 0 Å². The molecule has 0 spiro atoms. The number of hydrogen-bond donors (Lipinski definition) is 1. The molecule has 0 aliphatic carbocycles. The molecular weight excluding hydrogens is 220 g/mol. The van der Waals surface area contributed by atoms with Crippen LogP contribution in [0.15, 0.2) is 18.2 Å². The van der Waals surface area contributed by atoms with E-state index >= 15 is 0 Å². The molecule has 0 unspecified atom stereocenters. The van der Waals surface area contributed by atoms with E-state index in [0.29, 0.717) is 6.54 Å². The normalized spacial score (nSPS) is 17.8. The van der Waals surface area contributed by atoms with Gasteiger partial charge in [-0.3, -0.25) is 0 Å². The highest BCUT2D eigenvalue weighted by molar-refractivity contribution is 6.30. The number of nitrogens with zero attached hydrogens (tertiary/aromatic N) is 1. The Morgan fingerprint density at radius 3 is 2.69 bits per heavy atom. The summed E-state index contributed by atoms with van der Waals surface area (Å²) in [5, 5.41) is 0.797. The second-order valence-corrected chi connectivity index (χ2v) is 5.08. The van der Waals surface area contributed by atoms with Gasteiger partial charge in [0.15, 0.2) is 0 Å². The number of hydrogen-bond acceptors (Lipinski definition) is 2. The van der Waals surface area contributed by atoms with Gasteiger partial charge in [0.05, 0.1) is 0 Å². The SMILES string of the molecule is CC1CCN(c2cc(Cl)ccc2CN)CC1. The average Bonchev–Trinajstić information content (AvgIpc) is 2.30. The molecule has 0 atom stereocenters. The maximum absolute atomic E-state index is 6.05. The number of anilines is 1. The third-order valence-electron chi connectivity index (χ3n) is 3.39. The smallest absolute Gasteiger partial charge is 0.0426 e. The summed E-state index contributed by atoms with van der Waals surface area (Å²) in [6.45, 7) is 5.14. The van der Waals surface area contributed by atoms with E-state index in [1.165, 1.54) is 24.1 Å². The molecule has 0 bridgehead atoms. The summed E-state index contributed by atoms with van der Waals surface area (Å²) in [6, 6.07) is 6.00. The maximum Gasteiger partial charge on any atom is 0.0426 e. The Bertz CT molecular complexity index is 357. The topological polar surface area (TPSA) is 29.3 Å². The summed E-state index contributed by atoms with van der Waals surface area (Å²) in [6.07, 6.45) is 2.52. The fourth-order valence-corrected chi connectivity index (χ4v) is 2.42. The first-order valence-electron chi connectivity index (χ1n) is 5.94. The summed E-state index contributed by atoms with van der Waals surface area (Å²) >= 11 is 6.05. The van der Waals surface area contributed by atoms with Crippen LogP contribution in [0.4, 0.5) is 5.69 Å². The standard InChI is InChI=1S/C13H19ClN2/c1-10-4-6-16(7-5-10)13-8-12(14)3-2-11(13)9-15/h2-3,8,10H,4-7,9,15H2,1H3. The van der Waals surface area contributed by atoms with Crippen LogP contribution in [0.2, 0.25) is 5.02 Å². The first-order chi connectivity index (χ1) is 7.70. The summed E-state index contributed by atoms with van der Waals surface area (Å²) in [4.78, 5) is 2.41. The van der Waals surface area contributed by atoms with Crippen LogP contribution >= 0.6 is 11.6 Å². The van der Waals surface area contributed by atoms with E-state index in [1.54, 1.807) is 0 Å². The van der Waals surface area contributed by atoms with Gasteiger partial charge in [0.1, 0.15) is 0 Å². The molecular formula is C13H19ClN2. The lowest BCUT2D eigenvalue weighted by atomic mass is 9.98. The molecule has 1 aliphatic heterocycles. The van der Waals surface area contributed by atoms with E-state index in [1.807, 2.05) is 18.2 Å². The van der Waals surface area contributed by atoms with E-state index in [0.717, 1.165) is 24.0 Å². The van der Waals surface area contributed by atoms with Gasteiger partial charge in [-0.2, -0.15) is 0 Å². The van der Waals surface area contributed by atoms with Crippen molar-refractivity contribution in [2.75, 3.05) is 18.0 Å². The number of benzene rings is 1. The van der Waals surface area contributed by atoms with Gasteiger partial charge in [-0.1, -0.05) is 24.6 Å². The molecule has 16 heavy (non-hydrogen) atoms. The highest BCUT2D eigenvalue weighted by atomic mass is 35.5. The van der Waals surface area contributed by atoms with Crippen LogP contribution in [0.5, 0.6) is 0 Å². The molecule has 1 fully saturated rings. The van der Waals surface area contributed by atoms with Gasteiger partial charge in [-0.05, 0) is 36.5 Å². The Labute approximate surface area is 102 Å². The molecule has 1 aromatic carbocycles. The van der Waals surface area contributed by atoms with Gasteiger partial charge >= 0.3 is 0 Å². The van der Waals surface area contributed by atoms with Gasteiger partial charge in [-0.15, -0.1) is 0 Å². The predicted octanol–water partition coefficient (Wildman–Crippen LogP) is 3.04. The Balaban J connectivity index is 2.21. The number of nitrogens with two attached hydrogens (primary N) is 1. The summed E-state index contributed by atoms with van der Waals surface area (Å²) in [7, 11) is 0. The fraction of sp³-hybridized carbons (Fsp3) is 0.538. The van der Waals surface area contributed by atoms with Gasteiger partial charge in [-0.25, -0.2) is 0 Å². The fourth-order valence-electron chi connectivity index (χ4n) is 2.25. The molecule has 2 nitrogen and oxygen atoms in total. The van der Waals surface area contributed by atoms with Gasteiger partial charge in [0, 0.05) is 30.3 Å². The van der Waals surface area contributed by atoms with Crippen LogP contribution in [0.25, 0.3) is 0 Å². The highest BCUT2D eigenvalue weighted by Gasteiger charge is 2.18. The summed E-state index contributed by atoms with van der Waals surface area (Å²) in [5.74, 6) is 0.844. The second kappa shape index (κ2) is 5.07. The molecule has 1 aliphatic rings. The number of piperidine rings is 1. The van der Waals surface area contributed by atoms with Crippen molar-refractivity contribution in [3.8, 4) is 0 Å². The van der Waals surface area contributed by atoms with Crippen LogP contribution in [0, 0.1) is 5.92 Å². The van der Waals surface area contributed by atoms with Crippen molar-refractivity contribution >= 4 is 17.3 Å². The average molecular weight is 239 g/mol. The van der Waals surface area contributed by atoms with Crippen molar-refractivity contribution < 1.29 is 0 Å². The lowest BCUT2D eigenvalue weighted by Crippen LogP contribution is -2.33. The van der Waals surface area contributed by atoms with Crippen molar-refractivity contribution in [1.29, 1.82) is 0 Å². The molecule has 0 amide bonds. The zero-order chi connectivity index (χ0) is 11.5. The van der Waals surface area contributed by atoms with E-state index in [2.05, 4.69) is 11.8 Å². The van der Waals surface area contributed by atoms with Crippen molar-refractivity contribution in [2.24, 2.45) is 11.7 Å². The lowest BCUT2D eigenvalue weighted by molar-refractivity contribution is 0.438. The van der Waals surface area contributed by atoms with Crippen molar-refractivity contribution in [1.82, 2.24) is 0 Å². The minimum Gasteiger partial charge on any atom is -0.371 e. The summed E-state index contributed by atoms with van der Waals surface area (Å²) < 4.78 is 0. The minimum atomic E-state index is 0.582.